The summed E-state index contributed by atoms with van der Waals surface area (Å²) >= 11 is 13.5. The third kappa shape index (κ3) is 2.72. The van der Waals surface area contributed by atoms with Crippen molar-refractivity contribution < 1.29 is 4.74 Å². The van der Waals surface area contributed by atoms with Crippen molar-refractivity contribution in [1.29, 1.82) is 0 Å². The second-order valence-corrected chi connectivity index (χ2v) is 4.73. The Labute approximate surface area is 112 Å². The number of aromatic nitrogens is 2. The Morgan fingerprint density at radius 2 is 2.25 bits per heavy atom. The van der Waals surface area contributed by atoms with Crippen molar-refractivity contribution in [3.63, 3.8) is 0 Å². The fourth-order valence-corrected chi connectivity index (χ4v) is 2.17. The number of halogens is 2. The molecular formula is C10H8BrClN2OS. The van der Waals surface area contributed by atoms with Gasteiger partial charge in [0.25, 0.3) is 0 Å². The van der Waals surface area contributed by atoms with Crippen LogP contribution in [0.25, 0.3) is 0 Å². The van der Waals surface area contributed by atoms with Gasteiger partial charge in [-0.3, -0.25) is 0 Å². The number of benzene rings is 1. The van der Waals surface area contributed by atoms with E-state index in [0.29, 0.717) is 17.5 Å². The first kappa shape index (κ1) is 11.8. The Balaban J connectivity index is 2.10. The molecule has 0 saturated heterocycles. The molecule has 0 aliphatic heterocycles. The van der Waals surface area contributed by atoms with Crippen molar-refractivity contribution in [2.24, 2.45) is 0 Å². The molecule has 0 aliphatic rings. The highest BCUT2D eigenvalue weighted by atomic mass is 79.9. The van der Waals surface area contributed by atoms with E-state index in [9.17, 15) is 0 Å². The minimum absolute atomic E-state index is 0.366. The number of nitrogens with zero attached hydrogens (tertiary/aromatic N) is 2. The number of hydrogen-bond donors (Lipinski definition) is 1. The highest BCUT2D eigenvalue weighted by molar-refractivity contribution is 9.10. The average Bonchev–Trinajstić information content (AvgIpc) is 2.63. The van der Waals surface area contributed by atoms with Crippen molar-refractivity contribution in [1.82, 2.24) is 9.19 Å². The van der Waals surface area contributed by atoms with Gasteiger partial charge in [0.05, 0.1) is 0 Å². The Morgan fingerprint density at radius 3 is 2.88 bits per heavy atom. The maximum Gasteiger partial charge on any atom is 0.234 e. The van der Waals surface area contributed by atoms with Gasteiger partial charge in [0.1, 0.15) is 6.61 Å². The quantitative estimate of drug-likeness (QED) is 0.876. The molecule has 0 amide bonds. The number of hydrogen-bond acceptors (Lipinski definition) is 3. The highest BCUT2D eigenvalue weighted by Crippen LogP contribution is 2.25. The van der Waals surface area contributed by atoms with Gasteiger partial charge in [-0.15, -0.1) is 5.10 Å². The second-order valence-electron chi connectivity index (χ2n) is 3.06. The van der Waals surface area contributed by atoms with E-state index in [2.05, 4.69) is 33.8 Å². The average molecular weight is 320 g/mol. The van der Waals surface area contributed by atoms with Gasteiger partial charge in [0.15, 0.2) is 0 Å². The van der Waals surface area contributed by atoms with Gasteiger partial charge in [-0.05, 0) is 24.9 Å². The standard InChI is InChI=1S/C10H8BrClN2OS/c11-8-2-1-3-9(12)7(8)6-15-10-4-5-14(16)13-10/h1-5,16H,6H2. The molecule has 1 heterocycles. The van der Waals surface area contributed by atoms with Gasteiger partial charge >= 0.3 is 0 Å². The summed E-state index contributed by atoms with van der Waals surface area (Å²) in [4.78, 5) is 0. The van der Waals surface area contributed by atoms with E-state index < -0.39 is 0 Å². The van der Waals surface area contributed by atoms with E-state index in [0.717, 1.165) is 10.0 Å². The van der Waals surface area contributed by atoms with Crippen LogP contribution in [-0.4, -0.2) is 9.19 Å². The van der Waals surface area contributed by atoms with Gasteiger partial charge < -0.3 is 4.74 Å². The Hall–Kier alpha value is -0.650. The number of ether oxygens (including phenoxy) is 1. The monoisotopic (exact) mass is 318 g/mol. The molecule has 2 aromatic rings. The van der Waals surface area contributed by atoms with Crippen LogP contribution in [0.1, 0.15) is 5.56 Å². The Morgan fingerprint density at radius 1 is 1.44 bits per heavy atom. The highest BCUT2D eigenvalue weighted by Gasteiger charge is 2.06. The molecule has 0 aliphatic carbocycles. The van der Waals surface area contributed by atoms with Crippen LogP contribution in [0.4, 0.5) is 0 Å². The van der Waals surface area contributed by atoms with E-state index in [4.69, 9.17) is 16.3 Å². The van der Waals surface area contributed by atoms with Crippen LogP contribution in [-0.2, 0) is 6.61 Å². The molecule has 1 aromatic heterocycles. The third-order valence-electron chi connectivity index (χ3n) is 1.98. The lowest BCUT2D eigenvalue weighted by Gasteiger charge is -2.07. The summed E-state index contributed by atoms with van der Waals surface area (Å²) in [7, 11) is 0. The molecule has 3 nitrogen and oxygen atoms in total. The summed E-state index contributed by atoms with van der Waals surface area (Å²) in [6.07, 6.45) is 1.69. The summed E-state index contributed by atoms with van der Waals surface area (Å²) in [5.41, 5.74) is 0.901. The topological polar surface area (TPSA) is 27.1 Å². The lowest BCUT2D eigenvalue weighted by atomic mass is 10.2. The van der Waals surface area contributed by atoms with E-state index in [1.54, 1.807) is 12.3 Å². The van der Waals surface area contributed by atoms with Crippen molar-refractivity contribution in [2.45, 2.75) is 6.61 Å². The first-order valence-electron chi connectivity index (χ1n) is 4.47. The summed E-state index contributed by atoms with van der Waals surface area (Å²) < 4.78 is 7.79. The molecule has 1 aromatic carbocycles. The summed E-state index contributed by atoms with van der Waals surface area (Å²) in [6, 6.07) is 7.35. The Bertz CT molecular complexity index is 483. The number of thiol groups is 1. The van der Waals surface area contributed by atoms with Crippen LogP contribution in [0, 0.1) is 0 Å². The fourth-order valence-electron chi connectivity index (χ4n) is 1.19. The minimum atomic E-state index is 0.366. The largest absolute Gasteiger partial charge is 0.472 e. The predicted molar refractivity (Wildman–Crippen MR) is 70.1 cm³/mol. The molecule has 0 spiro atoms. The smallest absolute Gasteiger partial charge is 0.234 e. The molecule has 0 atom stereocenters. The first-order valence-corrected chi connectivity index (χ1v) is 6.04. The van der Waals surface area contributed by atoms with Gasteiger partial charge in [-0.1, -0.05) is 33.6 Å². The molecule has 84 valence electrons. The predicted octanol–water partition coefficient (Wildman–Crippen LogP) is 3.57. The second kappa shape index (κ2) is 5.12. The molecule has 0 radical (unpaired) electrons. The van der Waals surface area contributed by atoms with Gasteiger partial charge in [-0.2, -0.15) is 0 Å². The summed E-state index contributed by atoms with van der Waals surface area (Å²) in [5.74, 6) is 0.516. The van der Waals surface area contributed by atoms with Crippen molar-refractivity contribution in [3.8, 4) is 5.88 Å². The van der Waals surface area contributed by atoms with Crippen molar-refractivity contribution in [3.05, 3.63) is 45.5 Å². The third-order valence-corrected chi connectivity index (χ3v) is 3.30. The molecule has 16 heavy (non-hydrogen) atoms. The van der Waals surface area contributed by atoms with Crippen LogP contribution in [0.2, 0.25) is 5.02 Å². The molecule has 0 unspecified atom stereocenters. The zero-order valence-corrected chi connectivity index (χ0v) is 11.3. The van der Waals surface area contributed by atoms with Crippen LogP contribution < -0.4 is 4.74 Å². The van der Waals surface area contributed by atoms with Crippen LogP contribution in [0.5, 0.6) is 5.88 Å². The molecule has 0 saturated carbocycles. The molecule has 2 rings (SSSR count). The first-order chi connectivity index (χ1) is 7.66. The van der Waals surface area contributed by atoms with Gasteiger partial charge in [0, 0.05) is 27.3 Å². The van der Waals surface area contributed by atoms with E-state index in [1.807, 2.05) is 18.2 Å². The Kier molecular flexibility index (Phi) is 3.78. The molecule has 0 N–H and O–H groups in total. The van der Waals surface area contributed by atoms with Gasteiger partial charge in [-0.25, -0.2) is 4.09 Å². The fraction of sp³-hybridized carbons (Fsp3) is 0.100. The molecule has 6 heteroatoms. The van der Waals surface area contributed by atoms with Gasteiger partial charge in [0.2, 0.25) is 5.88 Å². The summed E-state index contributed by atoms with van der Waals surface area (Å²) in [6.45, 7) is 0.366. The normalized spacial score (nSPS) is 10.4. The van der Waals surface area contributed by atoms with Crippen LogP contribution >= 0.6 is 40.3 Å². The zero-order valence-electron chi connectivity index (χ0n) is 8.10. The maximum atomic E-state index is 6.05. The molecule has 0 bridgehead atoms. The lowest BCUT2D eigenvalue weighted by molar-refractivity contribution is 0.292. The van der Waals surface area contributed by atoms with E-state index in [1.165, 1.54) is 4.09 Å². The van der Waals surface area contributed by atoms with E-state index >= 15 is 0 Å². The van der Waals surface area contributed by atoms with E-state index in [-0.39, 0.29) is 0 Å². The summed E-state index contributed by atoms with van der Waals surface area (Å²) in [5, 5.41) is 4.65. The van der Waals surface area contributed by atoms with Crippen molar-refractivity contribution in [2.75, 3.05) is 0 Å². The van der Waals surface area contributed by atoms with Crippen molar-refractivity contribution >= 4 is 40.3 Å². The number of rotatable bonds is 3. The SMILES string of the molecule is Sn1ccc(OCc2c(Cl)cccc2Br)n1. The van der Waals surface area contributed by atoms with Crippen LogP contribution in [0.3, 0.4) is 0 Å². The zero-order chi connectivity index (χ0) is 11.5. The molecule has 0 fully saturated rings. The minimum Gasteiger partial charge on any atom is -0.472 e. The maximum absolute atomic E-state index is 6.05. The lowest BCUT2D eigenvalue weighted by Crippen LogP contribution is -1.98. The van der Waals surface area contributed by atoms with Crippen LogP contribution in [0.15, 0.2) is 34.9 Å². The molecular weight excluding hydrogens is 312 g/mol.